The molecule has 178 valence electrons. The third kappa shape index (κ3) is 4.57. The lowest BCUT2D eigenvalue weighted by molar-refractivity contribution is -0.467. The van der Waals surface area contributed by atoms with Crippen LogP contribution < -0.4 is 0 Å². The summed E-state index contributed by atoms with van der Waals surface area (Å²) in [7, 11) is 2.22. The molecule has 6 heterocycles. The molecule has 1 aromatic heterocycles. The zero-order chi connectivity index (χ0) is 23.1. The van der Waals surface area contributed by atoms with Crippen LogP contribution in [0.15, 0.2) is 47.7 Å². The van der Waals surface area contributed by atoms with Crippen LogP contribution in [-0.4, -0.2) is 84.2 Å². The van der Waals surface area contributed by atoms with Crippen LogP contribution in [0.25, 0.3) is 16.0 Å². The van der Waals surface area contributed by atoms with Gasteiger partial charge in [0, 0.05) is 59.9 Å². The van der Waals surface area contributed by atoms with Crippen LogP contribution >= 0.6 is 11.3 Å². The van der Waals surface area contributed by atoms with Crippen molar-refractivity contribution in [3.63, 3.8) is 0 Å². The van der Waals surface area contributed by atoms with E-state index in [4.69, 9.17) is 5.10 Å². The quantitative estimate of drug-likeness (QED) is 0.617. The molecule has 1 aromatic carbocycles. The lowest BCUT2D eigenvalue weighted by atomic mass is 9.86. The van der Waals surface area contributed by atoms with Gasteiger partial charge in [0.05, 0.1) is 12.8 Å². The van der Waals surface area contributed by atoms with Gasteiger partial charge in [0.15, 0.2) is 0 Å². The highest BCUT2D eigenvalue weighted by Gasteiger charge is 2.38. The Kier molecular flexibility index (Phi) is 6.24. The molecule has 0 saturated carbocycles. The van der Waals surface area contributed by atoms with Crippen LogP contribution in [0.2, 0.25) is 0 Å². The molecule has 0 aliphatic carbocycles. The largest absolute Gasteiger partial charge is 0.304 e. The number of benzene rings is 1. The molecule has 4 saturated heterocycles. The van der Waals surface area contributed by atoms with Gasteiger partial charge in [-0.2, -0.15) is 0 Å². The lowest BCUT2D eigenvalue weighted by Gasteiger charge is -2.37. The van der Waals surface area contributed by atoms with E-state index in [0.29, 0.717) is 11.8 Å². The first kappa shape index (κ1) is 22.4. The predicted molar refractivity (Wildman–Crippen MR) is 143 cm³/mol. The van der Waals surface area contributed by atoms with Crippen molar-refractivity contribution in [3.05, 3.63) is 53.0 Å². The lowest BCUT2D eigenvalue weighted by Crippen LogP contribution is -2.50. The molecular weight excluding hydrogens is 438 g/mol. The monoisotopic (exact) mass is 474 g/mol. The first-order valence-corrected chi connectivity index (χ1v) is 13.7. The van der Waals surface area contributed by atoms with E-state index in [0.717, 1.165) is 26.2 Å². The van der Waals surface area contributed by atoms with Gasteiger partial charge in [-0.3, -0.25) is 9.80 Å². The highest BCUT2D eigenvalue weighted by atomic mass is 32.1. The van der Waals surface area contributed by atoms with Crippen molar-refractivity contribution in [2.75, 3.05) is 52.9 Å². The van der Waals surface area contributed by atoms with Gasteiger partial charge in [0.1, 0.15) is 0 Å². The molecule has 0 spiro atoms. The summed E-state index contributed by atoms with van der Waals surface area (Å²) < 4.78 is 2.21. The Morgan fingerprint density at radius 2 is 1.79 bits per heavy atom. The Bertz CT molecular complexity index is 1130. The number of allylic oxidation sites excluding steroid dienone is 1. The van der Waals surface area contributed by atoms with Crippen LogP contribution in [0.1, 0.15) is 30.2 Å². The van der Waals surface area contributed by atoms with Gasteiger partial charge < -0.3 is 4.90 Å². The zero-order valence-electron chi connectivity index (χ0n) is 20.5. The highest BCUT2D eigenvalue weighted by Crippen LogP contribution is 2.36. The number of thiophene rings is 1. The van der Waals surface area contributed by atoms with Gasteiger partial charge in [0.2, 0.25) is 11.9 Å². The number of piperidine rings is 3. The summed E-state index contributed by atoms with van der Waals surface area (Å²) in [5.74, 6) is 1.04. The summed E-state index contributed by atoms with van der Waals surface area (Å²) in [5, 5.41) is 4.83. The summed E-state index contributed by atoms with van der Waals surface area (Å²) in [4.78, 5) is 10.3. The van der Waals surface area contributed by atoms with E-state index in [2.05, 4.69) is 82.2 Å². The summed E-state index contributed by atoms with van der Waals surface area (Å²) in [5.41, 5.74) is 5.64. The van der Waals surface area contributed by atoms with Gasteiger partial charge in [-0.05, 0) is 67.4 Å². The molecule has 1 unspecified atom stereocenters. The maximum absolute atomic E-state index is 4.83. The number of rotatable bonds is 4. The normalized spacial score (nSPS) is 30.1. The van der Waals surface area contributed by atoms with Crippen LogP contribution in [0.3, 0.4) is 0 Å². The Balaban J connectivity index is 1.23. The van der Waals surface area contributed by atoms with E-state index in [1.807, 2.05) is 11.3 Å². The van der Waals surface area contributed by atoms with Gasteiger partial charge in [-0.15, -0.1) is 11.3 Å². The number of hydrazone groups is 1. The SMILES string of the molecule is CC1C=N[N+](=C2CN3CCC2CC3)C=C1c1ccc(-c2cccc(CN3CCN(C)CC3)c2)s1. The van der Waals surface area contributed by atoms with E-state index in [1.54, 1.807) is 0 Å². The van der Waals surface area contributed by atoms with Gasteiger partial charge in [-0.25, -0.2) is 0 Å². The highest BCUT2D eigenvalue weighted by molar-refractivity contribution is 7.16. The average Bonchev–Trinajstić information content (AvgIpc) is 3.37. The molecule has 6 heteroatoms. The number of likely N-dealkylation sites (N-methyl/N-ethyl adjacent to an activating group) is 1. The van der Waals surface area contributed by atoms with Gasteiger partial charge >= 0.3 is 0 Å². The second-order valence-electron chi connectivity index (χ2n) is 10.5. The third-order valence-corrected chi connectivity index (χ3v) is 9.19. The smallest absolute Gasteiger partial charge is 0.208 e. The van der Waals surface area contributed by atoms with E-state index >= 15 is 0 Å². The van der Waals surface area contributed by atoms with Crippen molar-refractivity contribution in [2.24, 2.45) is 16.9 Å². The average molecular weight is 475 g/mol. The molecule has 2 aromatic rings. The molecule has 4 fully saturated rings. The van der Waals surface area contributed by atoms with E-state index < -0.39 is 0 Å². The van der Waals surface area contributed by atoms with E-state index in [1.165, 1.54) is 71.2 Å². The fourth-order valence-corrected chi connectivity index (χ4v) is 6.87. The Labute approximate surface area is 207 Å². The van der Waals surface area contributed by atoms with Crippen LogP contribution in [0, 0.1) is 11.8 Å². The molecule has 1 atom stereocenters. The molecule has 2 bridgehead atoms. The number of fused-ring (bicyclic) bond motifs is 3. The predicted octanol–water partition coefficient (Wildman–Crippen LogP) is 4.32. The van der Waals surface area contributed by atoms with Crippen molar-refractivity contribution in [2.45, 2.75) is 26.3 Å². The fraction of sp³-hybridized carbons (Fsp3) is 0.500. The van der Waals surface area contributed by atoms with Crippen LogP contribution in [-0.2, 0) is 6.54 Å². The molecular formula is C28H36N5S+. The molecule has 5 aliphatic rings. The van der Waals surface area contributed by atoms with Crippen LogP contribution in [0.5, 0.6) is 0 Å². The van der Waals surface area contributed by atoms with Gasteiger partial charge in [0.25, 0.3) is 0 Å². The number of hydrogen-bond acceptors (Lipinski definition) is 5. The molecule has 5 aliphatic heterocycles. The topological polar surface area (TPSA) is 25.1 Å². The van der Waals surface area contributed by atoms with Crippen molar-refractivity contribution in [1.82, 2.24) is 14.7 Å². The number of hydrogen-bond donors (Lipinski definition) is 0. The summed E-state index contributed by atoms with van der Waals surface area (Å²) >= 11 is 1.92. The minimum atomic E-state index is 0.341. The first-order chi connectivity index (χ1) is 16.6. The second-order valence-corrected chi connectivity index (χ2v) is 11.6. The Morgan fingerprint density at radius 3 is 2.56 bits per heavy atom. The molecule has 7 rings (SSSR count). The molecule has 34 heavy (non-hydrogen) atoms. The molecule has 0 N–H and O–H groups in total. The van der Waals surface area contributed by atoms with E-state index in [-0.39, 0.29) is 0 Å². The van der Waals surface area contributed by atoms with Gasteiger partial charge in [-0.1, -0.05) is 29.8 Å². The maximum atomic E-state index is 4.83. The Hall–Kier alpha value is -2.12. The van der Waals surface area contributed by atoms with Crippen LogP contribution in [0.4, 0.5) is 0 Å². The number of nitrogens with zero attached hydrogens (tertiary/aromatic N) is 5. The third-order valence-electron chi connectivity index (χ3n) is 8.01. The van der Waals surface area contributed by atoms with Crippen molar-refractivity contribution in [3.8, 4) is 10.4 Å². The molecule has 0 amide bonds. The van der Waals surface area contributed by atoms with E-state index in [9.17, 15) is 0 Å². The second kappa shape index (κ2) is 9.50. The van der Waals surface area contributed by atoms with Crippen molar-refractivity contribution >= 4 is 28.8 Å². The fourth-order valence-electron chi connectivity index (χ4n) is 5.76. The molecule has 0 radical (unpaired) electrons. The summed E-state index contributed by atoms with van der Waals surface area (Å²) in [6, 6.07) is 13.8. The molecule has 5 nitrogen and oxygen atoms in total. The summed E-state index contributed by atoms with van der Waals surface area (Å²) in [6.45, 7) is 11.5. The zero-order valence-corrected chi connectivity index (χ0v) is 21.3. The summed E-state index contributed by atoms with van der Waals surface area (Å²) in [6.07, 6.45) is 7.03. The first-order valence-electron chi connectivity index (χ1n) is 12.9. The standard InChI is InChI=1S/C28H36N5S/c1-21-17-29-33(26-20-31-10-8-23(26)9-11-31)19-25(21)28-7-6-27(34-28)24-5-3-4-22(16-24)18-32-14-12-30(2)13-15-32/h3-7,16-17,19,21,23H,8-15,18,20H2,1-2H3/q+1. The minimum Gasteiger partial charge on any atom is -0.304 e. The van der Waals surface area contributed by atoms with Crippen molar-refractivity contribution < 1.29 is 4.68 Å². The Morgan fingerprint density at radius 1 is 1.00 bits per heavy atom. The maximum Gasteiger partial charge on any atom is 0.208 e. The van der Waals surface area contributed by atoms with Crippen molar-refractivity contribution in [1.29, 1.82) is 0 Å². The minimum absolute atomic E-state index is 0.341. The number of piperazine rings is 1.